The van der Waals surface area contributed by atoms with Crippen LogP contribution in [0.5, 0.6) is 5.75 Å². The highest BCUT2D eigenvalue weighted by atomic mass is 28.4. The van der Waals surface area contributed by atoms with Crippen molar-refractivity contribution in [3.05, 3.63) is 72.0 Å². The van der Waals surface area contributed by atoms with E-state index in [2.05, 4.69) is 16.8 Å². The summed E-state index contributed by atoms with van der Waals surface area (Å²) in [4.78, 5) is 13.7. The summed E-state index contributed by atoms with van der Waals surface area (Å²) in [5.41, 5.74) is 4.70. The van der Waals surface area contributed by atoms with Gasteiger partial charge in [-0.2, -0.15) is 0 Å². The Morgan fingerprint density at radius 3 is 2.42 bits per heavy atom. The zero-order chi connectivity index (χ0) is 23.8. The fourth-order valence-corrected chi connectivity index (χ4v) is 4.19. The molecule has 1 N–H and O–H groups in total. The number of phenols is 1. The van der Waals surface area contributed by atoms with Gasteiger partial charge >= 0.3 is 14.8 Å². The first-order chi connectivity index (χ1) is 15.9. The first-order valence-electron chi connectivity index (χ1n) is 10.3. The van der Waals surface area contributed by atoms with E-state index in [-0.39, 0.29) is 19.0 Å². The predicted octanol–water partition coefficient (Wildman–Crippen LogP) is 3.13. The number of rotatable bonds is 11. The second-order valence-corrected chi connectivity index (χ2v) is 9.82. The standard InChI is InChI=1S/C23H27N3O6Si/c1-5-33(29-3,30-4)32-15-12-17(2)23(28)31-14-13-18-10-11-22(27)21(16-18)26-24-19-8-6-7-9-20(19)25-26/h5-12,16,27H,1,13-15H2,2-4H3/b17-12+. The highest BCUT2D eigenvalue weighted by molar-refractivity contribution is 6.66. The lowest BCUT2D eigenvalue weighted by molar-refractivity contribution is -0.138. The van der Waals surface area contributed by atoms with Crippen LogP contribution < -0.4 is 0 Å². The van der Waals surface area contributed by atoms with E-state index in [1.165, 1.54) is 24.7 Å². The van der Waals surface area contributed by atoms with Crippen molar-refractivity contribution >= 4 is 25.8 Å². The number of aromatic hydroxyl groups is 1. The van der Waals surface area contributed by atoms with E-state index in [0.717, 1.165) is 16.6 Å². The molecule has 2 aromatic carbocycles. The van der Waals surface area contributed by atoms with Crippen molar-refractivity contribution in [2.24, 2.45) is 0 Å². The molecule has 0 spiro atoms. The third-order valence-electron chi connectivity index (χ3n) is 4.98. The Morgan fingerprint density at radius 2 is 1.82 bits per heavy atom. The van der Waals surface area contributed by atoms with Gasteiger partial charge in [-0.15, -0.1) is 15.0 Å². The van der Waals surface area contributed by atoms with Gasteiger partial charge < -0.3 is 23.1 Å². The average Bonchev–Trinajstić information content (AvgIpc) is 3.27. The van der Waals surface area contributed by atoms with Crippen LogP contribution in [-0.4, -0.2) is 62.3 Å². The van der Waals surface area contributed by atoms with Crippen molar-refractivity contribution in [2.45, 2.75) is 13.3 Å². The molecule has 3 rings (SSSR count). The maximum absolute atomic E-state index is 12.3. The maximum Gasteiger partial charge on any atom is 0.528 e. The van der Waals surface area contributed by atoms with E-state index in [1.54, 1.807) is 31.2 Å². The fourth-order valence-electron chi connectivity index (χ4n) is 3.02. The molecule has 33 heavy (non-hydrogen) atoms. The number of nitrogens with zero attached hydrogens (tertiary/aromatic N) is 3. The van der Waals surface area contributed by atoms with E-state index in [1.807, 2.05) is 24.3 Å². The normalized spacial score (nSPS) is 12.2. The number of hydrogen-bond donors (Lipinski definition) is 1. The summed E-state index contributed by atoms with van der Waals surface area (Å²) in [5, 5.41) is 19.1. The second kappa shape index (κ2) is 11.0. The van der Waals surface area contributed by atoms with Crippen LogP contribution in [0.4, 0.5) is 0 Å². The molecule has 9 nitrogen and oxygen atoms in total. The molecule has 0 unspecified atom stereocenters. The molecule has 3 aromatic rings. The molecule has 0 fully saturated rings. The van der Waals surface area contributed by atoms with Crippen LogP contribution in [0.2, 0.25) is 0 Å². The van der Waals surface area contributed by atoms with E-state index < -0.39 is 14.8 Å². The molecule has 174 valence electrons. The minimum atomic E-state index is -2.90. The molecule has 0 saturated heterocycles. The third kappa shape index (κ3) is 5.93. The van der Waals surface area contributed by atoms with Crippen molar-refractivity contribution < 1.29 is 27.9 Å². The molecular formula is C23H27N3O6Si. The Balaban J connectivity index is 1.57. The number of phenolic OH excluding ortho intramolecular Hbond substituents is 1. The van der Waals surface area contributed by atoms with Crippen LogP contribution >= 0.6 is 0 Å². The van der Waals surface area contributed by atoms with E-state index in [9.17, 15) is 9.90 Å². The van der Waals surface area contributed by atoms with Crippen molar-refractivity contribution in [1.82, 2.24) is 15.0 Å². The number of hydrogen-bond acceptors (Lipinski definition) is 8. The summed E-state index contributed by atoms with van der Waals surface area (Å²) in [5.74, 6) is -0.389. The average molecular weight is 470 g/mol. The van der Waals surface area contributed by atoms with Crippen molar-refractivity contribution in [2.75, 3.05) is 27.4 Å². The van der Waals surface area contributed by atoms with Crippen LogP contribution in [0.25, 0.3) is 16.7 Å². The first-order valence-corrected chi connectivity index (χ1v) is 12.1. The highest BCUT2D eigenvalue weighted by Gasteiger charge is 2.34. The first kappa shape index (κ1) is 24.3. The van der Waals surface area contributed by atoms with Crippen LogP contribution in [0.15, 0.2) is 66.4 Å². The summed E-state index contributed by atoms with van der Waals surface area (Å²) in [6, 6.07) is 12.6. The molecule has 0 bridgehead atoms. The lowest BCUT2D eigenvalue weighted by Crippen LogP contribution is -2.42. The second-order valence-electron chi connectivity index (χ2n) is 7.10. The van der Waals surface area contributed by atoms with Gasteiger partial charge in [0.15, 0.2) is 0 Å². The molecule has 0 aliphatic rings. The Hall–Kier alpha value is -3.31. The maximum atomic E-state index is 12.3. The minimum absolute atomic E-state index is 0.0566. The van der Waals surface area contributed by atoms with Gasteiger partial charge in [-0.1, -0.05) is 24.8 Å². The van der Waals surface area contributed by atoms with Crippen molar-refractivity contribution in [3.8, 4) is 11.4 Å². The molecular weight excluding hydrogens is 442 g/mol. The van der Waals surface area contributed by atoms with Gasteiger partial charge in [0.1, 0.15) is 22.5 Å². The van der Waals surface area contributed by atoms with Crippen molar-refractivity contribution in [3.63, 3.8) is 0 Å². The summed E-state index contributed by atoms with van der Waals surface area (Å²) in [6.45, 7) is 5.62. The number of ether oxygens (including phenoxy) is 1. The van der Waals surface area contributed by atoms with Crippen LogP contribution in [0.3, 0.4) is 0 Å². The quantitative estimate of drug-likeness (QED) is 0.259. The van der Waals surface area contributed by atoms with Crippen LogP contribution in [0.1, 0.15) is 12.5 Å². The summed E-state index contributed by atoms with van der Waals surface area (Å²) < 4.78 is 21.5. The number of aromatic nitrogens is 3. The van der Waals surface area contributed by atoms with Gasteiger partial charge in [-0.3, -0.25) is 0 Å². The molecule has 0 amide bonds. The zero-order valence-electron chi connectivity index (χ0n) is 18.9. The van der Waals surface area contributed by atoms with Gasteiger partial charge in [-0.25, -0.2) is 4.79 Å². The molecule has 10 heteroatoms. The lowest BCUT2D eigenvalue weighted by atomic mass is 10.1. The number of esters is 1. The zero-order valence-corrected chi connectivity index (χ0v) is 19.9. The third-order valence-corrected chi connectivity index (χ3v) is 7.19. The van der Waals surface area contributed by atoms with Crippen LogP contribution in [0, 0.1) is 0 Å². The largest absolute Gasteiger partial charge is 0.528 e. The van der Waals surface area contributed by atoms with E-state index in [4.69, 9.17) is 18.0 Å². The summed E-state index contributed by atoms with van der Waals surface area (Å²) in [7, 11) is 0.0724. The Kier molecular flexibility index (Phi) is 8.12. The van der Waals surface area contributed by atoms with Gasteiger partial charge in [-0.05, 0) is 48.5 Å². The van der Waals surface area contributed by atoms with E-state index in [0.29, 0.717) is 17.7 Å². The smallest absolute Gasteiger partial charge is 0.506 e. The molecule has 0 aliphatic carbocycles. The minimum Gasteiger partial charge on any atom is -0.506 e. The molecule has 0 atom stereocenters. The predicted molar refractivity (Wildman–Crippen MR) is 125 cm³/mol. The van der Waals surface area contributed by atoms with E-state index >= 15 is 0 Å². The molecule has 0 aliphatic heterocycles. The number of fused-ring (bicyclic) bond motifs is 1. The Labute approximate surface area is 193 Å². The highest BCUT2D eigenvalue weighted by Crippen LogP contribution is 2.23. The number of carbonyl (C=O) groups is 1. The van der Waals surface area contributed by atoms with Gasteiger partial charge in [0, 0.05) is 26.2 Å². The molecule has 1 heterocycles. The lowest BCUT2D eigenvalue weighted by Gasteiger charge is -2.21. The molecule has 0 radical (unpaired) electrons. The summed E-state index contributed by atoms with van der Waals surface area (Å²) in [6.07, 6.45) is 2.07. The number of carbonyl (C=O) groups excluding carboxylic acids is 1. The van der Waals surface area contributed by atoms with Crippen LogP contribution in [-0.2, 0) is 29.2 Å². The fraction of sp³-hybridized carbons (Fsp3) is 0.261. The van der Waals surface area contributed by atoms with Gasteiger partial charge in [0.2, 0.25) is 0 Å². The number of benzene rings is 2. The Morgan fingerprint density at radius 1 is 1.15 bits per heavy atom. The van der Waals surface area contributed by atoms with Crippen molar-refractivity contribution in [1.29, 1.82) is 0 Å². The Bertz CT molecular complexity index is 1120. The topological polar surface area (TPSA) is 105 Å². The molecule has 1 aromatic heterocycles. The summed E-state index contributed by atoms with van der Waals surface area (Å²) >= 11 is 0. The SMILES string of the molecule is C=C[Si](OC)(OC)OC/C=C(\C)C(=O)OCCc1ccc(O)c(-n2nc3ccccc3n2)c1. The molecule has 0 saturated carbocycles. The van der Waals surface area contributed by atoms with Gasteiger partial charge in [0.05, 0.1) is 13.2 Å². The van der Waals surface area contributed by atoms with Gasteiger partial charge in [0.25, 0.3) is 0 Å². The monoisotopic (exact) mass is 469 g/mol.